The Morgan fingerprint density at radius 1 is 0.952 bits per heavy atom. The maximum Gasteiger partial charge on any atom is -0.147 e. The number of hydrogen-bond acceptors (Lipinski definition) is 1. The van der Waals surface area contributed by atoms with Gasteiger partial charge in [-0.3, -0.25) is 0 Å². The molecule has 0 radical (unpaired) electrons. The van der Waals surface area contributed by atoms with Crippen molar-refractivity contribution in [2.45, 2.75) is 41.0 Å². The maximum absolute atomic E-state index is 6.37. The number of rotatable bonds is 3. The van der Waals surface area contributed by atoms with Crippen LogP contribution < -0.4 is 3.32 Å². The van der Waals surface area contributed by atoms with Gasteiger partial charge >= 0.3 is 123 Å². The first-order valence-corrected chi connectivity index (χ1v) is 8.98. The third-order valence-electron chi connectivity index (χ3n) is 3.79. The van der Waals surface area contributed by atoms with Gasteiger partial charge in [0.1, 0.15) is 0 Å². The third kappa shape index (κ3) is 4.82. The van der Waals surface area contributed by atoms with Gasteiger partial charge in [-0.15, -0.1) is 24.8 Å². The molecule has 0 bridgehead atoms. The van der Waals surface area contributed by atoms with Gasteiger partial charge in [0.05, 0.1) is 0 Å². The summed E-state index contributed by atoms with van der Waals surface area (Å²) >= 11 is -1.78. The van der Waals surface area contributed by atoms with Crippen LogP contribution in [-0.2, 0) is 17.8 Å². The molecule has 2 rings (SSSR count). The number of halogens is 2. The Kier molecular flexibility index (Phi) is 8.81. The molecule has 0 aliphatic heterocycles. The van der Waals surface area contributed by atoms with E-state index in [2.05, 4.69) is 46.8 Å². The summed E-state index contributed by atoms with van der Waals surface area (Å²) in [5.74, 6) is 1.02. The SMILES string of the molecule is CC1=C(C)C(C)=[C]([Ti]([O]c2ccccc2)=[C](C)C)C1.Cl.Cl. The van der Waals surface area contributed by atoms with E-state index in [0.29, 0.717) is 0 Å². The van der Waals surface area contributed by atoms with E-state index in [-0.39, 0.29) is 24.8 Å². The fraction of sp³-hybridized carbons (Fsp3) is 0.353. The van der Waals surface area contributed by atoms with E-state index >= 15 is 0 Å². The van der Waals surface area contributed by atoms with Gasteiger partial charge < -0.3 is 0 Å². The van der Waals surface area contributed by atoms with E-state index in [4.69, 9.17) is 3.32 Å². The van der Waals surface area contributed by atoms with Gasteiger partial charge in [-0.2, -0.15) is 0 Å². The van der Waals surface area contributed by atoms with Crippen LogP contribution in [0.5, 0.6) is 5.75 Å². The van der Waals surface area contributed by atoms with Crippen LogP contribution >= 0.6 is 24.8 Å². The van der Waals surface area contributed by atoms with Crippen molar-refractivity contribution in [1.29, 1.82) is 0 Å². The third-order valence-corrected chi connectivity index (χ3v) is 7.61. The number of hydrogen-bond donors (Lipinski definition) is 0. The zero-order chi connectivity index (χ0) is 14.0. The smallest absolute Gasteiger partial charge is 0.147 e. The molecule has 0 saturated heterocycles. The van der Waals surface area contributed by atoms with Crippen LogP contribution in [0, 0.1) is 0 Å². The average Bonchev–Trinajstić information content (AvgIpc) is 2.64. The van der Waals surface area contributed by atoms with Gasteiger partial charge in [-0.25, -0.2) is 0 Å². The second-order valence-electron chi connectivity index (χ2n) is 5.43. The molecule has 0 unspecified atom stereocenters. The molecule has 0 amide bonds. The first-order valence-electron chi connectivity index (χ1n) is 6.78. The molecule has 1 aromatic carbocycles. The minimum atomic E-state index is -1.78. The van der Waals surface area contributed by atoms with Gasteiger partial charge in [-0.05, 0) is 0 Å². The van der Waals surface area contributed by atoms with Crippen molar-refractivity contribution >= 4 is 28.6 Å². The quantitative estimate of drug-likeness (QED) is 0.629. The molecule has 1 aliphatic carbocycles. The number of allylic oxidation sites excluding steroid dienone is 4. The Hall–Kier alpha value is -0.336. The summed E-state index contributed by atoms with van der Waals surface area (Å²) in [7, 11) is 0. The van der Waals surface area contributed by atoms with Crippen LogP contribution in [0.15, 0.2) is 50.9 Å². The van der Waals surface area contributed by atoms with Crippen LogP contribution in [0.3, 0.4) is 0 Å². The first kappa shape index (κ1) is 20.7. The fourth-order valence-corrected chi connectivity index (χ4v) is 5.92. The fourth-order valence-electron chi connectivity index (χ4n) is 2.40. The van der Waals surface area contributed by atoms with Crippen LogP contribution in [0.25, 0.3) is 0 Å². The summed E-state index contributed by atoms with van der Waals surface area (Å²) in [4.78, 5) is 0. The topological polar surface area (TPSA) is 9.23 Å². The van der Waals surface area contributed by atoms with E-state index < -0.39 is 17.8 Å². The molecule has 116 valence electrons. The van der Waals surface area contributed by atoms with E-state index in [0.717, 1.165) is 12.2 Å². The van der Waals surface area contributed by atoms with E-state index in [1.807, 2.05) is 18.2 Å². The van der Waals surface area contributed by atoms with Gasteiger partial charge in [0.2, 0.25) is 0 Å². The molecular weight excluding hydrogens is 339 g/mol. The minimum Gasteiger partial charge on any atom is -0.147 e. The molecule has 0 spiro atoms. The normalized spacial score (nSPS) is 13.6. The van der Waals surface area contributed by atoms with Gasteiger partial charge in [-0.1, -0.05) is 0 Å². The summed E-state index contributed by atoms with van der Waals surface area (Å²) in [5, 5.41) is 0. The van der Waals surface area contributed by atoms with Crippen LogP contribution in [0.1, 0.15) is 41.0 Å². The van der Waals surface area contributed by atoms with Crippen molar-refractivity contribution in [2.75, 3.05) is 0 Å². The monoisotopic (exact) mass is 362 g/mol. The summed E-state index contributed by atoms with van der Waals surface area (Å²) in [5.41, 5.74) is 4.46. The Labute approximate surface area is 147 Å². The predicted molar refractivity (Wildman–Crippen MR) is 93.6 cm³/mol. The summed E-state index contributed by atoms with van der Waals surface area (Å²) in [6.45, 7) is 11.2. The summed E-state index contributed by atoms with van der Waals surface area (Å²) < 4.78 is 9.43. The summed E-state index contributed by atoms with van der Waals surface area (Å²) in [6.07, 6.45) is 1.12. The standard InChI is InChI=1S/C8H11.C6H6O.C3H6.2ClH.Ti/c1-6-4-5-7(2)8(6)3;7-6-4-2-1-3-5-6;1-3-2;;;/h4H2,1-3H3;1-5,7H;1-2H3;2*1H;/q;;;;;+1/p-1. The van der Waals surface area contributed by atoms with Gasteiger partial charge in [0, 0.05) is 0 Å². The molecule has 0 saturated carbocycles. The average molecular weight is 363 g/mol. The molecule has 0 N–H and O–H groups in total. The Morgan fingerprint density at radius 3 is 1.95 bits per heavy atom. The molecule has 0 atom stereocenters. The molecule has 1 nitrogen and oxygen atoms in total. The number of benzene rings is 1. The van der Waals surface area contributed by atoms with Gasteiger partial charge in [0.15, 0.2) is 0 Å². The summed E-state index contributed by atoms with van der Waals surface area (Å²) in [6, 6.07) is 10.2. The molecule has 4 heteroatoms. The van der Waals surface area contributed by atoms with Crippen molar-refractivity contribution in [3.8, 4) is 5.75 Å². The Morgan fingerprint density at radius 2 is 1.52 bits per heavy atom. The van der Waals surface area contributed by atoms with Crippen molar-refractivity contribution in [3.63, 3.8) is 0 Å². The van der Waals surface area contributed by atoms with Crippen molar-refractivity contribution in [3.05, 3.63) is 50.9 Å². The second-order valence-corrected chi connectivity index (χ2v) is 9.28. The maximum atomic E-state index is 6.37. The largest absolute Gasteiger partial charge is 0.147 e. The van der Waals surface area contributed by atoms with Crippen LogP contribution in [0.2, 0.25) is 0 Å². The van der Waals surface area contributed by atoms with Crippen molar-refractivity contribution in [2.24, 2.45) is 0 Å². The first-order chi connectivity index (χ1) is 9.00. The molecule has 1 aliphatic rings. The van der Waals surface area contributed by atoms with E-state index in [1.165, 1.54) is 20.5 Å². The zero-order valence-electron chi connectivity index (χ0n) is 13.3. The molecule has 1 aromatic rings. The molecule has 0 aromatic heterocycles. The Balaban J connectivity index is 0.00000200. The van der Waals surface area contributed by atoms with Crippen LogP contribution in [-0.4, -0.2) is 3.81 Å². The number of para-hydroxylation sites is 1. The molecule has 0 fully saturated rings. The van der Waals surface area contributed by atoms with Crippen molar-refractivity contribution in [1.82, 2.24) is 0 Å². The minimum absolute atomic E-state index is 0. The predicted octanol–water partition coefficient (Wildman–Crippen LogP) is 5.67. The molecule has 21 heavy (non-hydrogen) atoms. The van der Waals surface area contributed by atoms with Gasteiger partial charge in [0.25, 0.3) is 0 Å². The van der Waals surface area contributed by atoms with E-state index in [1.54, 1.807) is 3.88 Å². The Bertz CT molecular complexity index is 582. The molecule has 0 heterocycles. The second kappa shape index (κ2) is 8.95. The van der Waals surface area contributed by atoms with Crippen molar-refractivity contribution < 1.29 is 21.1 Å². The van der Waals surface area contributed by atoms with E-state index in [9.17, 15) is 0 Å². The molecular formula is C17H24Cl2OTi. The zero-order valence-corrected chi connectivity index (χ0v) is 16.5. The van der Waals surface area contributed by atoms with Crippen LogP contribution in [0.4, 0.5) is 0 Å².